The number of hydrogen-bond acceptors (Lipinski definition) is 9. The normalized spacial score (nSPS) is 21.4. The maximum atomic E-state index is 13.3. The summed E-state index contributed by atoms with van der Waals surface area (Å²) in [5, 5.41) is 22.7. The van der Waals surface area contributed by atoms with Crippen LogP contribution in [0.2, 0.25) is 0 Å². The Morgan fingerprint density at radius 1 is 0.974 bits per heavy atom. The van der Waals surface area contributed by atoms with E-state index in [-0.39, 0.29) is 24.0 Å². The number of methoxy groups -OCH3 is 3. The first-order valence-corrected chi connectivity index (χ1v) is 12.2. The number of hydrogen-bond donors (Lipinski definition) is 2. The molecule has 0 bridgehead atoms. The number of fused-ring (bicyclic) bond motifs is 4. The van der Waals surface area contributed by atoms with Gasteiger partial charge in [0.1, 0.15) is 5.60 Å². The van der Waals surface area contributed by atoms with Gasteiger partial charge in [-0.3, -0.25) is 0 Å². The number of carbonyl (C=O) groups excluding carboxylic acids is 1. The van der Waals surface area contributed by atoms with Crippen LogP contribution in [0.4, 0.5) is 0 Å². The Morgan fingerprint density at radius 3 is 2.32 bits per heavy atom. The second-order valence-electron chi connectivity index (χ2n) is 9.59. The van der Waals surface area contributed by atoms with E-state index >= 15 is 0 Å². The number of aromatic hydroxyl groups is 1. The van der Waals surface area contributed by atoms with Crippen LogP contribution in [-0.2, 0) is 11.2 Å². The van der Waals surface area contributed by atoms with E-state index in [4.69, 9.17) is 28.4 Å². The Morgan fingerprint density at radius 2 is 1.66 bits per heavy atom. The number of esters is 1. The van der Waals surface area contributed by atoms with Gasteiger partial charge in [0.2, 0.25) is 18.3 Å². The molecule has 3 unspecified atom stereocenters. The molecule has 3 aromatic rings. The van der Waals surface area contributed by atoms with Gasteiger partial charge >= 0.3 is 5.97 Å². The topological polar surface area (TPSA) is 113 Å². The molecular weight excluding hydrogens is 492 g/mol. The summed E-state index contributed by atoms with van der Waals surface area (Å²) in [6, 6.07) is 11.9. The standard InChI is InChI=1S/C29H30O9/c1-15-11-17-12-19(30)23(33-3)25(34-4)21(17)22-18(13-20-24(26(22)35-5)37-14-36-20)27(29(15,2)32)38-28(31)16-9-7-6-8-10-16/h6-10,12-13,15,27,30,32H,11,14H2,1-5H3. The van der Waals surface area contributed by atoms with E-state index in [1.54, 1.807) is 49.4 Å². The van der Waals surface area contributed by atoms with Crippen LogP contribution in [0.15, 0.2) is 42.5 Å². The summed E-state index contributed by atoms with van der Waals surface area (Å²) < 4.78 is 34.7. The zero-order chi connectivity index (χ0) is 27.2. The maximum absolute atomic E-state index is 13.3. The van der Waals surface area contributed by atoms with Crippen LogP contribution in [0.1, 0.15) is 41.4 Å². The van der Waals surface area contributed by atoms with E-state index in [0.717, 1.165) is 0 Å². The highest BCUT2D eigenvalue weighted by Crippen LogP contribution is 2.59. The molecule has 1 aliphatic heterocycles. The van der Waals surface area contributed by atoms with Crippen molar-refractivity contribution >= 4 is 5.97 Å². The number of carbonyl (C=O) groups is 1. The Labute approximate surface area is 220 Å². The third-order valence-electron chi connectivity index (χ3n) is 7.38. The molecule has 0 spiro atoms. The first-order chi connectivity index (χ1) is 18.2. The summed E-state index contributed by atoms with van der Waals surface area (Å²) in [5.41, 5.74) is 0.948. The largest absolute Gasteiger partial charge is 0.504 e. The van der Waals surface area contributed by atoms with Crippen LogP contribution >= 0.6 is 0 Å². The number of phenolic OH excluding ortho intramolecular Hbond substituents is 1. The summed E-state index contributed by atoms with van der Waals surface area (Å²) in [4.78, 5) is 13.3. The van der Waals surface area contributed by atoms with Crippen molar-refractivity contribution in [3.05, 3.63) is 59.2 Å². The smallest absolute Gasteiger partial charge is 0.338 e. The monoisotopic (exact) mass is 522 g/mol. The fraction of sp³-hybridized carbons (Fsp3) is 0.345. The second kappa shape index (κ2) is 9.64. The second-order valence-corrected chi connectivity index (χ2v) is 9.59. The van der Waals surface area contributed by atoms with E-state index < -0.39 is 23.6 Å². The highest BCUT2D eigenvalue weighted by Gasteiger charge is 2.47. The Kier molecular flexibility index (Phi) is 6.48. The lowest BCUT2D eigenvalue weighted by molar-refractivity contribution is -0.107. The zero-order valence-corrected chi connectivity index (χ0v) is 21.9. The Hall–Kier alpha value is -4.11. The molecule has 200 valence electrons. The van der Waals surface area contributed by atoms with Crippen LogP contribution < -0.4 is 23.7 Å². The summed E-state index contributed by atoms with van der Waals surface area (Å²) in [5.74, 6) is 0.331. The van der Waals surface area contributed by atoms with Crippen LogP contribution in [-0.4, -0.2) is 49.9 Å². The molecule has 0 aromatic heterocycles. The number of ether oxygens (including phenoxy) is 6. The molecule has 0 saturated carbocycles. The van der Waals surface area contributed by atoms with Gasteiger partial charge in [-0.05, 0) is 49.1 Å². The minimum atomic E-state index is -1.54. The third kappa shape index (κ3) is 3.94. The molecule has 0 saturated heterocycles. The molecule has 38 heavy (non-hydrogen) atoms. The van der Waals surface area contributed by atoms with Crippen molar-refractivity contribution in [1.29, 1.82) is 0 Å². The molecule has 5 rings (SSSR count). The first-order valence-electron chi connectivity index (χ1n) is 12.2. The lowest BCUT2D eigenvalue weighted by Crippen LogP contribution is -2.43. The third-order valence-corrected chi connectivity index (χ3v) is 7.38. The van der Waals surface area contributed by atoms with Gasteiger partial charge in [-0.2, -0.15) is 0 Å². The molecule has 3 aromatic carbocycles. The lowest BCUT2D eigenvalue weighted by Gasteiger charge is -2.41. The van der Waals surface area contributed by atoms with Gasteiger partial charge in [0.25, 0.3) is 0 Å². The van der Waals surface area contributed by atoms with Crippen molar-refractivity contribution in [2.45, 2.75) is 32.0 Å². The minimum absolute atomic E-state index is 0.0290. The summed E-state index contributed by atoms with van der Waals surface area (Å²) in [6.07, 6.45) is -0.826. The summed E-state index contributed by atoms with van der Waals surface area (Å²) in [7, 11) is 4.40. The number of benzene rings is 3. The van der Waals surface area contributed by atoms with Crippen molar-refractivity contribution in [3.63, 3.8) is 0 Å². The van der Waals surface area contributed by atoms with E-state index in [2.05, 4.69) is 0 Å². The van der Waals surface area contributed by atoms with Gasteiger partial charge < -0.3 is 38.6 Å². The van der Waals surface area contributed by atoms with Gasteiger partial charge in [0.05, 0.1) is 26.9 Å². The van der Waals surface area contributed by atoms with E-state index in [1.165, 1.54) is 21.3 Å². The number of rotatable bonds is 5. The van der Waals surface area contributed by atoms with Gasteiger partial charge in [-0.15, -0.1) is 0 Å². The van der Waals surface area contributed by atoms with Crippen LogP contribution in [0.3, 0.4) is 0 Å². The molecule has 0 fully saturated rings. The molecule has 0 amide bonds. The van der Waals surface area contributed by atoms with Crippen molar-refractivity contribution in [2.75, 3.05) is 28.1 Å². The summed E-state index contributed by atoms with van der Waals surface area (Å²) in [6.45, 7) is 3.46. The fourth-order valence-electron chi connectivity index (χ4n) is 5.24. The Bertz CT molecular complexity index is 1380. The predicted octanol–water partition coefficient (Wildman–Crippen LogP) is 4.66. The van der Waals surface area contributed by atoms with Gasteiger partial charge in [-0.1, -0.05) is 25.1 Å². The van der Waals surface area contributed by atoms with Crippen LogP contribution in [0.25, 0.3) is 11.1 Å². The van der Waals surface area contributed by atoms with Crippen LogP contribution in [0, 0.1) is 5.92 Å². The number of phenols is 1. The molecule has 9 nitrogen and oxygen atoms in total. The Balaban J connectivity index is 1.85. The average molecular weight is 523 g/mol. The molecular formula is C29H30O9. The minimum Gasteiger partial charge on any atom is -0.504 e. The van der Waals surface area contributed by atoms with Crippen molar-refractivity contribution < 1.29 is 43.4 Å². The first kappa shape index (κ1) is 25.5. The lowest BCUT2D eigenvalue weighted by atomic mass is 9.73. The van der Waals surface area contributed by atoms with E-state index in [1.807, 2.05) is 6.92 Å². The molecule has 1 aliphatic carbocycles. The van der Waals surface area contributed by atoms with Crippen molar-refractivity contribution in [1.82, 2.24) is 0 Å². The van der Waals surface area contributed by atoms with Gasteiger partial charge in [0.15, 0.2) is 29.1 Å². The highest BCUT2D eigenvalue weighted by atomic mass is 16.7. The van der Waals surface area contributed by atoms with Crippen LogP contribution in [0.5, 0.6) is 34.5 Å². The fourth-order valence-corrected chi connectivity index (χ4v) is 5.24. The predicted molar refractivity (Wildman–Crippen MR) is 137 cm³/mol. The van der Waals surface area contributed by atoms with Crippen molar-refractivity contribution in [3.8, 4) is 45.6 Å². The van der Waals surface area contributed by atoms with E-state index in [9.17, 15) is 15.0 Å². The van der Waals surface area contributed by atoms with Crippen molar-refractivity contribution in [2.24, 2.45) is 5.92 Å². The molecule has 2 N–H and O–H groups in total. The molecule has 2 aliphatic rings. The number of aliphatic hydroxyl groups is 1. The quantitative estimate of drug-likeness (QED) is 0.462. The van der Waals surface area contributed by atoms with Gasteiger partial charge in [-0.25, -0.2) is 4.79 Å². The maximum Gasteiger partial charge on any atom is 0.338 e. The van der Waals surface area contributed by atoms with E-state index in [0.29, 0.717) is 51.5 Å². The summed E-state index contributed by atoms with van der Waals surface area (Å²) >= 11 is 0. The average Bonchev–Trinajstić information content (AvgIpc) is 3.38. The SMILES string of the molecule is COc1c(O)cc2c(c1OC)-c1c(cc3c(c1OC)OCO3)C(OC(=O)c1ccccc1)C(C)(O)C(C)C2. The zero-order valence-electron chi connectivity index (χ0n) is 21.9. The molecule has 3 atom stereocenters. The molecule has 0 radical (unpaired) electrons. The van der Waals surface area contributed by atoms with Gasteiger partial charge in [0, 0.05) is 16.7 Å². The highest BCUT2D eigenvalue weighted by molar-refractivity contribution is 5.91. The molecule has 9 heteroatoms. The molecule has 1 heterocycles.